The highest BCUT2D eigenvalue weighted by Crippen LogP contribution is 2.14. The molecule has 0 aliphatic heterocycles. The lowest BCUT2D eigenvalue weighted by Crippen LogP contribution is -2.47. The summed E-state index contributed by atoms with van der Waals surface area (Å²) in [6.45, 7) is 7.75. The van der Waals surface area contributed by atoms with Crippen molar-refractivity contribution in [2.24, 2.45) is 0 Å². The molecule has 0 aliphatic rings. The van der Waals surface area contributed by atoms with Gasteiger partial charge in [0.2, 0.25) is 0 Å². The topological polar surface area (TPSA) is 54.0 Å². The molecule has 0 bridgehead atoms. The van der Waals surface area contributed by atoms with E-state index in [2.05, 4.69) is 15.6 Å². The molecule has 5 heteroatoms. The smallest absolute Gasteiger partial charge is 0.315 e. The summed E-state index contributed by atoms with van der Waals surface area (Å²) in [5, 5.41) is 8.49. The summed E-state index contributed by atoms with van der Waals surface area (Å²) in [5.74, 6) is 0. The molecule has 1 unspecified atom stereocenters. The largest absolute Gasteiger partial charge is 0.334 e. The van der Waals surface area contributed by atoms with Crippen molar-refractivity contribution in [3.05, 3.63) is 16.6 Å². The van der Waals surface area contributed by atoms with Gasteiger partial charge in [-0.15, -0.1) is 11.3 Å². The van der Waals surface area contributed by atoms with Crippen molar-refractivity contribution in [2.75, 3.05) is 0 Å². The predicted molar refractivity (Wildman–Crippen MR) is 61.9 cm³/mol. The van der Waals surface area contributed by atoms with Gasteiger partial charge >= 0.3 is 6.03 Å². The van der Waals surface area contributed by atoms with Crippen LogP contribution in [0.2, 0.25) is 0 Å². The number of carbonyl (C=O) groups excluding carboxylic acids is 1. The van der Waals surface area contributed by atoms with E-state index in [0.29, 0.717) is 0 Å². The van der Waals surface area contributed by atoms with Crippen LogP contribution in [0.4, 0.5) is 4.79 Å². The van der Waals surface area contributed by atoms with Gasteiger partial charge in [-0.05, 0) is 27.7 Å². The Hall–Kier alpha value is -1.10. The van der Waals surface area contributed by atoms with Crippen LogP contribution in [0.5, 0.6) is 0 Å². The van der Waals surface area contributed by atoms with Crippen LogP contribution in [0.15, 0.2) is 11.6 Å². The molecule has 2 amide bonds. The molecular formula is C10H17N3OS. The van der Waals surface area contributed by atoms with E-state index in [4.69, 9.17) is 0 Å². The van der Waals surface area contributed by atoms with E-state index in [1.54, 1.807) is 6.20 Å². The zero-order valence-electron chi connectivity index (χ0n) is 9.50. The summed E-state index contributed by atoms with van der Waals surface area (Å²) in [6.07, 6.45) is 1.74. The molecule has 1 aromatic rings. The highest BCUT2D eigenvalue weighted by Gasteiger charge is 2.16. The van der Waals surface area contributed by atoms with Crippen LogP contribution < -0.4 is 10.6 Å². The summed E-state index contributed by atoms with van der Waals surface area (Å²) >= 11 is 1.54. The Morgan fingerprint density at radius 1 is 1.53 bits per heavy atom. The van der Waals surface area contributed by atoms with E-state index in [1.807, 2.05) is 33.1 Å². The average molecular weight is 227 g/mol. The van der Waals surface area contributed by atoms with E-state index in [0.717, 1.165) is 5.01 Å². The fraction of sp³-hybridized carbons (Fsp3) is 0.600. The van der Waals surface area contributed by atoms with Crippen LogP contribution in [0.1, 0.15) is 38.7 Å². The van der Waals surface area contributed by atoms with Crippen molar-refractivity contribution in [1.29, 1.82) is 0 Å². The Labute approximate surface area is 94.1 Å². The molecule has 4 nitrogen and oxygen atoms in total. The number of rotatable bonds is 2. The van der Waals surface area contributed by atoms with E-state index >= 15 is 0 Å². The third-order valence-corrected chi connectivity index (χ3v) is 2.62. The van der Waals surface area contributed by atoms with Gasteiger partial charge in [-0.3, -0.25) is 0 Å². The SMILES string of the molecule is CC(NC(=O)NC(C)(C)C)c1nccs1. The lowest BCUT2D eigenvalue weighted by molar-refractivity contribution is 0.229. The van der Waals surface area contributed by atoms with Crippen LogP contribution in [0.3, 0.4) is 0 Å². The van der Waals surface area contributed by atoms with E-state index in [-0.39, 0.29) is 17.6 Å². The van der Waals surface area contributed by atoms with Gasteiger partial charge in [0.05, 0.1) is 6.04 Å². The molecule has 0 radical (unpaired) electrons. The van der Waals surface area contributed by atoms with E-state index in [9.17, 15) is 4.79 Å². The van der Waals surface area contributed by atoms with Crippen LogP contribution in [-0.4, -0.2) is 16.6 Å². The number of urea groups is 1. The van der Waals surface area contributed by atoms with Crippen molar-refractivity contribution in [3.63, 3.8) is 0 Å². The monoisotopic (exact) mass is 227 g/mol. The molecule has 0 aromatic carbocycles. The molecule has 15 heavy (non-hydrogen) atoms. The standard InChI is InChI=1S/C10H17N3OS/c1-7(8-11-5-6-15-8)12-9(14)13-10(2,3)4/h5-7H,1-4H3,(H2,12,13,14). The Morgan fingerprint density at radius 2 is 2.20 bits per heavy atom. The number of nitrogens with zero attached hydrogens (tertiary/aromatic N) is 1. The maximum atomic E-state index is 11.5. The van der Waals surface area contributed by atoms with Gasteiger partial charge in [0.15, 0.2) is 0 Å². The average Bonchev–Trinajstić information content (AvgIpc) is 2.50. The van der Waals surface area contributed by atoms with Gasteiger partial charge in [-0.2, -0.15) is 0 Å². The van der Waals surface area contributed by atoms with Crippen molar-refractivity contribution >= 4 is 17.4 Å². The Kier molecular flexibility index (Phi) is 3.68. The number of aromatic nitrogens is 1. The molecule has 0 saturated heterocycles. The molecule has 1 atom stereocenters. The second-order valence-corrected chi connectivity index (χ2v) is 5.37. The van der Waals surface area contributed by atoms with Gasteiger partial charge in [-0.1, -0.05) is 0 Å². The fourth-order valence-electron chi connectivity index (χ4n) is 1.08. The predicted octanol–water partition coefficient (Wildman–Crippen LogP) is 2.30. The molecule has 0 spiro atoms. The van der Waals surface area contributed by atoms with Crippen molar-refractivity contribution in [2.45, 2.75) is 39.3 Å². The summed E-state index contributed by atoms with van der Waals surface area (Å²) < 4.78 is 0. The summed E-state index contributed by atoms with van der Waals surface area (Å²) in [6, 6.07) is -0.211. The first-order chi connectivity index (χ1) is 6.88. The second kappa shape index (κ2) is 4.61. The third kappa shape index (κ3) is 4.29. The lowest BCUT2D eigenvalue weighted by Gasteiger charge is -2.22. The number of hydrogen-bond acceptors (Lipinski definition) is 3. The van der Waals surface area contributed by atoms with E-state index in [1.165, 1.54) is 11.3 Å². The molecule has 0 saturated carbocycles. The minimum Gasteiger partial charge on any atom is -0.334 e. The maximum absolute atomic E-state index is 11.5. The van der Waals surface area contributed by atoms with Gasteiger partial charge in [0.25, 0.3) is 0 Å². The number of hydrogen-bond donors (Lipinski definition) is 2. The maximum Gasteiger partial charge on any atom is 0.315 e. The van der Waals surface area contributed by atoms with Gasteiger partial charge in [-0.25, -0.2) is 9.78 Å². The van der Waals surface area contributed by atoms with Crippen LogP contribution in [0.25, 0.3) is 0 Å². The third-order valence-electron chi connectivity index (χ3n) is 1.66. The quantitative estimate of drug-likeness (QED) is 0.814. The zero-order valence-corrected chi connectivity index (χ0v) is 10.3. The Bertz CT molecular complexity index is 316. The lowest BCUT2D eigenvalue weighted by atomic mass is 10.1. The zero-order chi connectivity index (χ0) is 11.5. The van der Waals surface area contributed by atoms with Crippen LogP contribution in [-0.2, 0) is 0 Å². The van der Waals surface area contributed by atoms with Crippen molar-refractivity contribution in [1.82, 2.24) is 15.6 Å². The fourth-order valence-corrected chi connectivity index (χ4v) is 1.73. The van der Waals surface area contributed by atoms with Gasteiger partial charge in [0.1, 0.15) is 5.01 Å². The molecule has 0 aliphatic carbocycles. The number of nitrogens with one attached hydrogen (secondary N) is 2. The summed E-state index contributed by atoms with van der Waals surface area (Å²) in [4.78, 5) is 15.7. The van der Waals surface area contributed by atoms with Crippen LogP contribution in [0, 0.1) is 0 Å². The number of thiazole rings is 1. The molecule has 84 valence electrons. The Balaban J connectivity index is 2.45. The molecule has 1 heterocycles. The first kappa shape index (κ1) is 12.0. The highest BCUT2D eigenvalue weighted by molar-refractivity contribution is 7.09. The van der Waals surface area contributed by atoms with Gasteiger partial charge in [0, 0.05) is 17.1 Å². The number of amides is 2. The molecule has 1 rings (SSSR count). The second-order valence-electron chi connectivity index (χ2n) is 4.44. The molecule has 1 aromatic heterocycles. The van der Waals surface area contributed by atoms with E-state index < -0.39 is 0 Å². The first-order valence-corrected chi connectivity index (χ1v) is 5.74. The van der Waals surface area contributed by atoms with Crippen molar-refractivity contribution in [3.8, 4) is 0 Å². The highest BCUT2D eigenvalue weighted by atomic mass is 32.1. The minimum atomic E-state index is -0.216. The van der Waals surface area contributed by atoms with Gasteiger partial charge < -0.3 is 10.6 Å². The number of carbonyl (C=O) groups is 1. The first-order valence-electron chi connectivity index (χ1n) is 4.86. The minimum absolute atomic E-state index is 0.0488. The molecule has 2 N–H and O–H groups in total. The Morgan fingerprint density at radius 3 is 2.67 bits per heavy atom. The summed E-state index contributed by atoms with van der Waals surface area (Å²) in [7, 11) is 0. The van der Waals surface area contributed by atoms with Crippen LogP contribution >= 0.6 is 11.3 Å². The normalized spacial score (nSPS) is 13.3. The summed E-state index contributed by atoms with van der Waals surface area (Å²) in [5.41, 5.74) is -0.216. The molecular weight excluding hydrogens is 210 g/mol. The molecule has 0 fully saturated rings. The van der Waals surface area contributed by atoms with Crippen molar-refractivity contribution < 1.29 is 4.79 Å².